The average Bonchev–Trinajstić information content (AvgIpc) is 2.30. The van der Waals surface area contributed by atoms with Crippen molar-refractivity contribution in [2.24, 2.45) is 0 Å². The molecule has 0 bridgehead atoms. The van der Waals surface area contributed by atoms with Gasteiger partial charge >= 0.3 is 0 Å². The van der Waals surface area contributed by atoms with Crippen molar-refractivity contribution in [2.45, 2.75) is 38.9 Å². The molecule has 0 saturated carbocycles. The van der Waals surface area contributed by atoms with Gasteiger partial charge in [-0.1, -0.05) is 13.8 Å². The third kappa shape index (κ3) is 11.9. The van der Waals surface area contributed by atoms with Gasteiger partial charge in [-0.3, -0.25) is 0 Å². The van der Waals surface area contributed by atoms with Crippen molar-refractivity contribution in [2.75, 3.05) is 33.0 Å². The number of aliphatic hydroxyl groups is 1. The van der Waals surface area contributed by atoms with E-state index in [9.17, 15) is 5.11 Å². The smallest absolute Gasteiger partial charge is 0.156 e. The topological polar surface area (TPSA) is 47.9 Å². The van der Waals surface area contributed by atoms with E-state index in [2.05, 4.69) is 13.8 Å². The minimum absolute atomic E-state index is 0.492. The Morgan fingerprint density at radius 2 is 1.75 bits per heavy atom. The lowest BCUT2D eigenvalue weighted by Crippen LogP contribution is -2.15. The summed E-state index contributed by atoms with van der Waals surface area (Å²) < 4.78 is 15.7. The van der Waals surface area contributed by atoms with E-state index < -0.39 is 6.29 Å². The maximum Gasteiger partial charge on any atom is 0.156 e. The molecule has 4 heteroatoms. The van der Waals surface area contributed by atoms with Crippen LogP contribution in [0.1, 0.15) is 32.6 Å². The molecular weight excluding hydrogens is 208 g/mol. The van der Waals surface area contributed by atoms with Gasteiger partial charge in [0, 0.05) is 32.8 Å². The van der Waals surface area contributed by atoms with E-state index in [1.807, 2.05) is 0 Å². The van der Waals surface area contributed by atoms with Crippen LogP contribution in [0.3, 0.4) is 0 Å². The zero-order valence-electron chi connectivity index (χ0n) is 10.3. The van der Waals surface area contributed by atoms with Crippen LogP contribution in [-0.4, -0.2) is 44.4 Å². The van der Waals surface area contributed by atoms with Crippen LogP contribution in [-0.2, 0) is 14.2 Å². The maximum absolute atomic E-state index is 9.30. The number of ether oxygens (including phenoxy) is 3. The zero-order valence-corrected chi connectivity index (χ0v) is 10.3. The fraction of sp³-hybridized carbons (Fsp3) is 0.917. The third-order valence-electron chi connectivity index (χ3n) is 1.89. The number of hydrogen-bond donors (Lipinski definition) is 1. The number of hydrogen-bond acceptors (Lipinski definition) is 4. The summed E-state index contributed by atoms with van der Waals surface area (Å²) >= 11 is 0. The van der Waals surface area contributed by atoms with Gasteiger partial charge in [0.15, 0.2) is 6.29 Å². The van der Waals surface area contributed by atoms with Crippen LogP contribution in [0.15, 0.2) is 0 Å². The van der Waals surface area contributed by atoms with Crippen LogP contribution in [0.5, 0.6) is 0 Å². The van der Waals surface area contributed by atoms with Gasteiger partial charge in [-0.15, -0.1) is 0 Å². The molecule has 0 heterocycles. The van der Waals surface area contributed by atoms with E-state index in [1.54, 1.807) is 0 Å². The lowest BCUT2D eigenvalue weighted by molar-refractivity contribution is -0.111. The van der Waals surface area contributed by atoms with Crippen LogP contribution < -0.4 is 0 Å². The molecule has 0 aromatic heterocycles. The Morgan fingerprint density at radius 1 is 1.06 bits per heavy atom. The predicted molar refractivity (Wildman–Crippen MR) is 63.1 cm³/mol. The highest BCUT2D eigenvalue weighted by Gasteiger charge is 2.02. The lowest BCUT2D eigenvalue weighted by atomic mass is 10.4. The Kier molecular flexibility index (Phi) is 12.8. The quantitative estimate of drug-likeness (QED) is 0.412. The summed E-state index contributed by atoms with van der Waals surface area (Å²) in [5.74, 6) is 0. The van der Waals surface area contributed by atoms with E-state index >= 15 is 0 Å². The molecule has 0 aromatic rings. The molecule has 1 atom stereocenters. The van der Waals surface area contributed by atoms with Crippen molar-refractivity contribution in [3.05, 3.63) is 6.92 Å². The zero-order chi connectivity index (χ0) is 12.1. The van der Waals surface area contributed by atoms with Crippen molar-refractivity contribution in [3.63, 3.8) is 0 Å². The molecule has 0 spiro atoms. The van der Waals surface area contributed by atoms with Crippen molar-refractivity contribution < 1.29 is 19.3 Å². The number of rotatable bonds is 12. The minimum Gasteiger partial charge on any atom is -0.381 e. The first-order valence-electron chi connectivity index (χ1n) is 6.05. The molecule has 0 aliphatic heterocycles. The van der Waals surface area contributed by atoms with E-state index in [0.29, 0.717) is 32.7 Å². The molecule has 0 saturated heterocycles. The highest BCUT2D eigenvalue weighted by molar-refractivity contribution is 4.44. The molecule has 1 unspecified atom stereocenters. The van der Waals surface area contributed by atoms with Crippen molar-refractivity contribution in [3.8, 4) is 0 Å². The second kappa shape index (κ2) is 12.9. The summed E-state index contributed by atoms with van der Waals surface area (Å²) in [5.41, 5.74) is 0. The molecule has 0 aromatic carbocycles. The van der Waals surface area contributed by atoms with Gasteiger partial charge in [0.05, 0.1) is 6.61 Å². The fourth-order valence-corrected chi connectivity index (χ4v) is 1.10. The summed E-state index contributed by atoms with van der Waals surface area (Å²) in [7, 11) is 0. The summed E-state index contributed by atoms with van der Waals surface area (Å²) in [4.78, 5) is 0. The van der Waals surface area contributed by atoms with Crippen LogP contribution in [0, 0.1) is 6.92 Å². The van der Waals surface area contributed by atoms with E-state index in [-0.39, 0.29) is 0 Å². The van der Waals surface area contributed by atoms with Gasteiger partial charge < -0.3 is 19.3 Å². The highest BCUT2D eigenvalue weighted by Crippen LogP contribution is 1.96. The van der Waals surface area contributed by atoms with Gasteiger partial charge in [0.25, 0.3) is 0 Å². The summed E-state index contributed by atoms with van der Waals surface area (Å²) in [6, 6.07) is 0. The Morgan fingerprint density at radius 3 is 2.38 bits per heavy atom. The molecule has 16 heavy (non-hydrogen) atoms. The SMILES string of the molecule is [CH2]CCOC(O)CCOCCCOCCC. The van der Waals surface area contributed by atoms with Crippen LogP contribution >= 0.6 is 0 Å². The van der Waals surface area contributed by atoms with Crippen molar-refractivity contribution in [1.29, 1.82) is 0 Å². The first-order valence-corrected chi connectivity index (χ1v) is 6.05. The molecule has 0 aliphatic rings. The van der Waals surface area contributed by atoms with Crippen LogP contribution in [0.4, 0.5) is 0 Å². The second-order valence-electron chi connectivity index (χ2n) is 3.55. The standard InChI is InChI=1S/C12H25O4/c1-3-7-14-9-5-10-15-11-6-12(13)16-8-4-2/h12-13H,2-11H2,1H3. The van der Waals surface area contributed by atoms with Crippen LogP contribution in [0.25, 0.3) is 0 Å². The predicted octanol–water partition coefficient (Wildman–Crippen LogP) is 1.77. The molecule has 0 aliphatic carbocycles. The van der Waals surface area contributed by atoms with Crippen molar-refractivity contribution >= 4 is 0 Å². The van der Waals surface area contributed by atoms with Gasteiger partial charge in [-0.25, -0.2) is 0 Å². The fourth-order valence-electron chi connectivity index (χ4n) is 1.10. The van der Waals surface area contributed by atoms with Crippen LogP contribution in [0.2, 0.25) is 0 Å². The molecule has 0 rings (SSSR count). The van der Waals surface area contributed by atoms with Gasteiger partial charge in [-0.05, 0) is 19.3 Å². The third-order valence-corrected chi connectivity index (χ3v) is 1.89. The maximum atomic E-state index is 9.30. The normalized spacial score (nSPS) is 12.9. The minimum atomic E-state index is -0.724. The molecule has 97 valence electrons. The molecule has 1 N–H and O–H groups in total. The summed E-state index contributed by atoms with van der Waals surface area (Å²) in [5, 5.41) is 9.30. The number of aliphatic hydroxyl groups excluding tert-OH is 1. The Labute approximate surface area is 98.9 Å². The van der Waals surface area contributed by atoms with E-state index in [1.165, 1.54) is 0 Å². The van der Waals surface area contributed by atoms with Crippen molar-refractivity contribution in [1.82, 2.24) is 0 Å². The summed E-state index contributed by atoms with van der Waals surface area (Å²) in [6.07, 6.45) is 2.41. The van der Waals surface area contributed by atoms with Gasteiger partial charge in [-0.2, -0.15) is 0 Å². The Bertz CT molecular complexity index is 130. The molecular formula is C12H25O4. The summed E-state index contributed by atoms with van der Waals surface area (Å²) in [6.45, 7) is 8.95. The second-order valence-corrected chi connectivity index (χ2v) is 3.55. The average molecular weight is 233 g/mol. The molecule has 4 nitrogen and oxygen atoms in total. The lowest BCUT2D eigenvalue weighted by Gasteiger charge is -2.11. The molecule has 0 fully saturated rings. The Hall–Kier alpha value is -0.160. The molecule has 0 amide bonds. The highest BCUT2D eigenvalue weighted by atomic mass is 16.6. The molecule has 1 radical (unpaired) electrons. The van der Waals surface area contributed by atoms with E-state index in [4.69, 9.17) is 14.2 Å². The Balaban J connectivity index is 3.02. The van der Waals surface area contributed by atoms with E-state index in [0.717, 1.165) is 26.1 Å². The first kappa shape index (κ1) is 15.8. The monoisotopic (exact) mass is 233 g/mol. The largest absolute Gasteiger partial charge is 0.381 e. The van der Waals surface area contributed by atoms with Gasteiger partial charge in [0.1, 0.15) is 0 Å². The first-order chi connectivity index (χ1) is 7.81. The van der Waals surface area contributed by atoms with Gasteiger partial charge in [0.2, 0.25) is 0 Å².